The fourth-order valence-corrected chi connectivity index (χ4v) is 1.08. The summed E-state index contributed by atoms with van der Waals surface area (Å²) in [7, 11) is 0. The highest BCUT2D eigenvalue weighted by Gasteiger charge is 2.42. The predicted octanol–water partition coefficient (Wildman–Crippen LogP) is -2.38. The van der Waals surface area contributed by atoms with E-state index in [0.29, 0.717) is 0 Å². The van der Waals surface area contributed by atoms with Gasteiger partial charge in [-0.2, -0.15) is 0 Å². The van der Waals surface area contributed by atoms with Crippen LogP contribution in [0.5, 0.6) is 0 Å². The Morgan fingerprint density at radius 1 is 0.857 bits per heavy atom. The summed E-state index contributed by atoms with van der Waals surface area (Å²) in [6.07, 6.45) is -7.04. The molecule has 0 bridgehead atoms. The molecule has 0 aliphatic carbocycles. The van der Waals surface area contributed by atoms with Crippen LogP contribution in [0.25, 0.3) is 0 Å². The summed E-state index contributed by atoms with van der Waals surface area (Å²) in [6, 6.07) is 0. The molecule has 1 rings (SSSR count). The fraction of sp³-hybridized carbons (Fsp3) is 1.00. The molecular formula is C6H14Cl2O6. The second-order valence-corrected chi connectivity index (χ2v) is 2.72. The molecule has 5 atom stereocenters. The minimum Gasteiger partial charge on any atom is -0.394 e. The van der Waals surface area contributed by atoms with Gasteiger partial charge in [0.2, 0.25) is 0 Å². The lowest BCUT2D eigenvalue weighted by Crippen LogP contribution is -2.58. The van der Waals surface area contributed by atoms with Crippen molar-refractivity contribution in [3.8, 4) is 0 Å². The first kappa shape index (κ1) is 16.8. The molecule has 8 heteroatoms. The van der Waals surface area contributed by atoms with Crippen LogP contribution in [0.2, 0.25) is 0 Å². The first-order chi connectivity index (χ1) is 5.57. The summed E-state index contributed by atoms with van der Waals surface area (Å²) < 4.78 is 4.58. The van der Waals surface area contributed by atoms with Gasteiger partial charge in [0, 0.05) is 0 Å². The third-order valence-corrected chi connectivity index (χ3v) is 1.87. The van der Waals surface area contributed by atoms with Crippen LogP contribution in [-0.2, 0) is 4.74 Å². The lowest BCUT2D eigenvalue weighted by molar-refractivity contribution is -0.286. The Kier molecular flexibility index (Phi) is 8.09. The van der Waals surface area contributed by atoms with Gasteiger partial charge in [-0.15, -0.1) is 24.8 Å². The Bertz CT molecular complexity index is 155. The molecule has 5 N–H and O–H groups in total. The van der Waals surface area contributed by atoms with Crippen molar-refractivity contribution in [1.29, 1.82) is 0 Å². The molecule has 0 aromatic carbocycles. The van der Waals surface area contributed by atoms with Gasteiger partial charge in [-0.3, -0.25) is 0 Å². The number of aliphatic hydroxyl groups is 5. The monoisotopic (exact) mass is 252 g/mol. The smallest absolute Gasteiger partial charge is 0.184 e. The maximum Gasteiger partial charge on any atom is 0.184 e. The molecule has 0 radical (unpaired) electrons. The van der Waals surface area contributed by atoms with Crippen molar-refractivity contribution in [3.05, 3.63) is 0 Å². The highest BCUT2D eigenvalue weighted by molar-refractivity contribution is 5.85. The van der Waals surface area contributed by atoms with Gasteiger partial charge < -0.3 is 30.3 Å². The van der Waals surface area contributed by atoms with Gasteiger partial charge >= 0.3 is 0 Å². The zero-order valence-corrected chi connectivity index (χ0v) is 8.69. The number of ether oxygens (including phenoxy) is 1. The molecule has 1 heterocycles. The molecule has 0 unspecified atom stereocenters. The van der Waals surface area contributed by atoms with E-state index in [1.165, 1.54) is 0 Å². The third-order valence-electron chi connectivity index (χ3n) is 1.87. The van der Waals surface area contributed by atoms with Crippen LogP contribution < -0.4 is 0 Å². The molecule has 0 saturated carbocycles. The zero-order valence-electron chi connectivity index (χ0n) is 7.05. The zero-order chi connectivity index (χ0) is 9.30. The van der Waals surface area contributed by atoms with Crippen LogP contribution in [0.3, 0.4) is 0 Å². The van der Waals surface area contributed by atoms with Gasteiger partial charge in [-0.1, -0.05) is 0 Å². The number of rotatable bonds is 1. The SMILES string of the molecule is Cl.Cl.OC[C@H]1O[C@@H](O)[C@H](O)[C@@H](O)[C@@H]1O. The van der Waals surface area contributed by atoms with Crippen molar-refractivity contribution in [2.24, 2.45) is 0 Å². The standard InChI is InChI=1S/C6H12O6.2ClH/c7-1-2-3(8)4(9)5(10)6(11)12-2;;/h2-11H,1H2;2*1H/t2-,3-,4+,5-,6-;;/m1../s1. The van der Waals surface area contributed by atoms with Crippen LogP contribution in [0, 0.1) is 0 Å². The van der Waals surface area contributed by atoms with Crippen LogP contribution >= 0.6 is 24.8 Å². The van der Waals surface area contributed by atoms with E-state index in [2.05, 4.69) is 4.74 Å². The van der Waals surface area contributed by atoms with Gasteiger partial charge in [0.15, 0.2) is 6.29 Å². The Hall–Kier alpha value is 0.340. The Morgan fingerprint density at radius 3 is 1.79 bits per heavy atom. The van der Waals surface area contributed by atoms with E-state index in [1.54, 1.807) is 0 Å². The maximum absolute atomic E-state index is 9.12. The molecule has 1 aliphatic rings. The van der Waals surface area contributed by atoms with Crippen LogP contribution in [0.1, 0.15) is 0 Å². The summed E-state index contributed by atoms with van der Waals surface area (Å²) in [6.45, 7) is -0.526. The van der Waals surface area contributed by atoms with Crippen molar-refractivity contribution in [1.82, 2.24) is 0 Å². The topological polar surface area (TPSA) is 110 Å². The van der Waals surface area contributed by atoms with Crippen molar-refractivity contribution < 1.29 is 30.3 Å². The molecule has 88 valence electrons. The Labute approximate surface area is 92.9 Å². The molecule has 1 saturated heterocycles. The Balaban J connectivity index is 0. The summed E-state index contributed by atoms with van der Waals surface area (Å²) >= 11 is 0. The fourth-order valence-electron chi connectivity index (χ4n) is 1.08. The molecule has 1 aliphatic heterocycles. The molecule has 14 heavy (non-hydrogen) atoms. The Morgan fingerprint density at radius 2 is 1.36 bits per heavy atom. The summed E-state index contributed by atoms with van der Waals surface area (Å²) in [4.78, 5) is 0. The van der Waals surface area contributed by atoms with E-state index in [-0.39, 0.29) is 24.8 Å². The first-order valence-electron chi connectivity index (χ1n) is 3.56. The molecule has 0 aromatic rings. The quantitative estimate of drug-likeness (QED) is 0.357. The van der Waals surface area contributed by atoms with Crippen molar-refractivity contribution in [2.75, 3.05) is 6.61 Å². The van der Waals surface area contributed by atoms with Crippen molar-refractivity contribution >= 4 is 24.8 Å². The molecule has 6 nitrogen and oxygen atoms in total. The van der Waals surface area contributed by atoms with E-state index in [1.807, 2.05) is 0 Å². The highest BCUT2D eigenvalue weighted by atomic mass is 35.5. The maximum atomic E-state index is 9.12. The number of halogens is 2. The number of aliphatic hydroxyl groups excluding tert-OH is 5. The normalized spacial score (nSPS) is 42.2. The van der Waals surface area contributed by atoms with Crippen LogP contribution in [0.15, 0.2) is 0 Å². The van der Waals surface area contributed by atoms with Gasteiger partial charge in [0.05, 0.1) is 6.61 Å². The second kappa shape index (κ2) is 6.76. The predicted molar refractivity (Wildman–Crippen MR) is 50.5 cm³/mol. The number of hydrogen-bond donors (Lipinski definition) is 5. The minimum atomic E-state index is -1.57. The average Bonchev–Trinajstić information content (AvgIpc) is 2.08. The van der Waals surface area contributed by atoms with Crippen LogP contribution in [0.4, 0.5) is 0 Å². The highest BCUT2D eigenvalue weighted by Crippen LogP contribution is 2.18. The van der Waals surface area contributed by atoms with Gasteiger partial charge in [0.1, 0.15) is 24.4 Å². The lowest BCUT2D eigenvalue weighted by atomic mass is 10.00. The lowest BCUT2D eigenvalue weighted by Gasteiger charge is -2.37. The third kappa shape index (κ3) is 3.18. The molecular weight excluding hydrogens is 239 g/mol. The van der Waals surface area contributed by atoms with E-state index < -0.39 is 37.3 Å². The molecule has 0 spiro atoms. The minimum absolute atomic E-state index is 0. The van der Waals surface area contributed by atoms with E-state index >= 15 is 0 Å². The average molecular weight is 253 g/mol. The van der Waals surface area contributed by atoms with E-state index in [9.17, 15) is 0 Å². The number of hydrogen-bond acceptors (Lipinski definition) is 6. The van der Waals surface area contributed by atoms with Gasteiger partial charge in [-0.05, 0) is 0 Å². The summed E-state index contributed by atoms with van der Waals surface area (Å²) in [5.41, 5.74) is 0. The molecule has 0 aromatic heterocycles. The van der Waals surface area contributed by atoms with Crippen molar-refractivity contribution in [2.45, 2.75) is 30.7 Å². The van der Waals surface area contributed by atoms with Crippen molar-refractivity contribution in [3.63, 3.8) is 0 Å². The van der Waals surface area contributed by atoms with Crippen LogP contribution in [-0.4, -0.2) is 62.8 Å². The molecule has 1 fully saturated rings. The summed E-state index contributed by atoms with van der Waals surface area (Å²) in [5, 5.41) is 44.7. The van der Waals surface area contributed by atoms with E-state index in [0.717, 1.165) is 0 Å². The first-order valence-corrected chi connectivity index (χ1v) is 3.56. The second-order valence-electron chi connectivity index (χ2n) is 2.72. The largest absolute Gasteiger partial charge is 0.394 e. The van der Waals surface area contributed by atoms with E-state index in [4.69, 9.17) is 25.5 Å². The summed E-state index contributed by atoms with van der Waals surface area (Å²) in [5.74, 6) is 0. The van der Waals surface area contributed by atoms with Gasteiger partial charge in [0.25, 0.3) is 0 Å². The molecule has 0 amide bonds. The van der Waals surface area contributed by atoms with Gasteiger partial charge in [-0.25, -0.2) is 0 Å².